The van der Waals surface area contributed by atoms with E-state index in [-0.39, 0.29) is 12.1 Å². The molecular weight excluding hydrogens is 961 g/mol. The van der Waals surface area contributed by atoms with Crippen LogP contribution in [0.25, 0.3) is 0 Å². The largest absolute Gasteiger partial charge is 0.496 e. The highest BCUT2D eigenvalue weighted by Gasteiger charge is 2.47. The molecular formula is C51H54F12N4O4. The average molecular weight is 1010 g/mol. The zero-order valence-electron chi connectivity index (χ0n) is 38.9. The van der Waals surface area contributed by atoms with Crippen molar-refractivity contribution in [3.05, 3.63) is 129 Å². The molecule has 4 aliphatic rings. The number of nitrogens with zero attached hydrogens (tertiary/aromatic N) is 2. The van der Waals surface area contributed by atoms with Crippen LogP contribution >= 0.6 is 0 Å². The molecule has 2 aliphatic carbocycles. The fourth-order valence-corrected chi connectivity index (χ4v) is 10.3. The maximum Gasteiger partial charge on any atom is 0.417 e. The lowest BCUT2D eigenvalue weighted by Crippen LogP contribution is -2.58. The van der Waals surface area contributed by atoms with Crippen LogP contribution in [-0.2, 0) is 35.8 Å². The highest BCUT2D eigenvalue weighted by Crippen LogP contribution is 2.45. The third kappa shape index (κ3) is 12.4. The minimum absolute atomic E-state index is 0.0294. The number of carbonyl (C=O) groups is 2. The van der Waals surface area contributed by atoms with Crippen LogP contribution in [0, 0.1) is 5.92 Å². The van der Waals surface area contributed by atoms with Crippen molar-refractivity contribution in [1.29, 1.82) is 0 Å². The first kappa shape index (κ1) is 53.3. The predicted molar refractivity (Wildman–Crippen MR) is 239 cm³/mol. The van der Waals surface area contributed by atoms with Crippen LogP contribution in [0.4, 0.5) is 52.7 Å². The molecule has 0 aromatic heterocycles. The number of carbonyl (C=O) groups excluding carboxylic acids is 2. The highest BCUT2D eigenvalue weighted by atomic mass is 19.4. The molecule has 0 radical (unpaired) electrons. The van der Waals surface area contributed by atoms with E-state index in [0.29, 0.717) is 62.9 Å². The number of hydrogen-bond donors (Lipinski definition) is 2. The van der Waals surface area contributed by atoms with E-state index >= 15 is 0 Å². The van der Waals surface area contributed by atoms with Gasteiger partial charge >= 0.3 is 24.7 Å². The second-order valence-electron chi connectivity index (χ2n) is 18.8. The van der Waals surface area contributed by atoms with Crippen molar-refractivity contribution in [2.24, 2.45) is 5.92 Å². The van der Waals surface area contributed by atoms with Crippen molar-refractivity contribution in [3.63, 3.8) is 0 Å². The van der Waals surface area contributed by atoms with Gasteiger partial charge in [0.05, 0.1) is 58.7 Å². The number of methoxy groups -OCH3 is 2. The van der Waals surface area contributed by atoms with Gasteiger partial charge in [-0.1, -0.05) is 73.5 Å². The van der Waals surface area contributed by atoms with Crippen molar-refractivity contribution in [2.75, 3.05) is 46.9 Å². The number of nitrogens with one attached hydrogen (secondary N) is 2. The van der Waals surface area contributed by atoms with Crippen molar-refractivity contribution >= 4 is 11.8 Å². The number of piperidine rings is 2. The summed E-state index contributed by atoms with van der Waals surface area (Å²) in [4.78, 5) is 31.5. The van der Waals surface area contributed by atoms with E-state index in [2.05, 4.69) is 20.4 Å². The third-order valence-corrected chi connectivity index (χ3v) is 13.9. The standard InChI is InChI=1S/C26H28F6N2O2.C25H26F6N2O2/c1-36-21-15-18(25(27,28)29)14-20(26(30,31)32)22(21)23(35)33-24(17-8-3-2-4-9-17)12-7-13-34(16-24)19-10-5-6-11-19;1-35-20-13-18(24(26,27)28)12-19(25(29,30)31)21(20)22(34)32-23(17-6-3-2-4-7-17)10-5-11-33(15-23)14-16-8-9-16/h2-4,8-9,14-15,19H,5-7,10-13,16H2,1H3,(H,33,35);2-4,6-7,12-13,16H,5,8-11,14-15H2,1H3,(H,32,34). The van der Waals surface area contributed by atoms with Crippen molar-refractivity contribution in [2.45, 2.75) is 106 Å². The SMILES string of the molecule is COc1cc(C(F)(F)F)cc(C(F)(F)F)c1C(=O)NC1(c2ccccc2)CCCN(C2CCCC2)C1.COc1cc(C(F)(F)F)cc(C(F)(F)F)c1C(=O)NC1(c2ccccc2)CCCN(CC2CC2)C1. The normalized spacial score (nSPS) is 21.8. The Morgan fingerprint density at radius 3 is 1.38 bits per heavy atom. The molecule has 2 atom stereocenters. The summed E-state index contributed by atoms with van der Waals surface area (Å²) < 4.78 is 173. The first-order valence-corrected chi connectivity index (χ1v) is 23.3. The van der Waals surface area contributed by atoms with Crippen LogP contribution < -0.4 is 20.1 Å². The topological polar surface area (TPSA) is 83.1 Å². The molecule has 4 fully saturated rings. The number of benzene rings is 4. The van der Waals surface area contributed by atoms with Crippen LogP contribution in [0.5, 0.6) is 11.5 Å². The lowest BCUT2D eigenvalue weighted by molar-refractivity contribution is -0.145. The third-order valence-electron chi connectivity index (χ3n) is 13.9. The van der Waals surface area contributed by atoms with E-state index in [4.69, 9.17) is 9.47 Å². The van der Waals surface area contributed by atoms with Crippen LogP contribution in [0.3, 0.4) is 0 Å². The molecule has 2 aliphatic heterocycles. The van der Waals surface area contributed by atoms with Crippen molar-refractivity contribution < 1.29 is 71.7 Å². The number of alkyl halides is 12. The van der Waals surface area contributed by atoms with Gasteiger partial charge in [0.25, 0.3) is 11.8 Å². The quantitative estimate of drug-likeness (QED) is 0.146. The van der Waals surface area contributed by atoms with E-state index in [1.165, 1.54) is 0 Å². The smallest absolute Gasteiger partial charge is 0.417 e. The van der Waals surface area contributed by atoms with Crippen LogP contribution in [0.2, 0.25) is 0 Å². The van der Waals surface area contributed by atoms with Crippen molar-refractivity contribution in [3.8, 4) is 11.5 Å². The summed E-state index contributed by atoms with van der Waals surface area (Å²) in [5, 5.41) is 5.61. The fraction of sp³-hybridized carbons (Fsp3) is 0.490. The summed E-state index contributed by atoms with van der Waals surface area (Å²) in [6.07, 6.45) is -11.6. The minimum atomic E-state index is -5.20. The maximum absolute atomic E-state index is 13.9. The van der Waals surface area contributed by atoms with Gasteiger partial charge in [-0.05, 0) is 106 Å². The second kappa shape index (κ2) is 20.9. The van der Waals surface area contributed by atoms with Gasteiger partial charge in [0.2, 0.25) is 0 Å². The summed E-state index contributed by atoms with van der Waals surface area (Å²) in [6, 6.07) is 19.1. The number of ether oxygens (including phenoxy) is 2. The molecule has 8 rings (SSSR count). The summed E-state index contributed by atoms with van der Waals surface area (Å²) in [5.74, 6) is -3.23. The van der Waals surface area contributed by atoms with E-state index in [0.717, 1.165) is 83.5 Å². The van der Waals surface area contributed by atoms with E-state index < -0.39 is 92.5 Å². The Morgan fingerprint density at radius 1 is 0.563 bits per heavy atom. The molecule has 4 aromatic rings. The Labute approximate surface area is 403 Å². The molecule has 2 saturated carbocycles. The predicted octanol–water partition coefficient (Wildman–Crippen LogP) is 12.3. The molecule has 0 spiro atoms. The Hall–Kier alpha value is -5.50. The first-order valence-electron chi connectivity index (χ1n) is 23.3. The number of hydrogen-bond acceptors (Lipinski definition) is 6. The molecule has 20 heteroatoms. The fourth-order valence-electron chi connectivity index (χ4n) is 10.3. The van der Waals surface area contributed by atoms with Gasteiger partial charge in [-0.3, -0.25) is 14.5 Å². The van der Waals surface area contributed by atoms with E-state index in [1.54, 1.807) is 48.5 Å². The Kier molecular flexibility index (Phi) is 15.7. The molecule has 71 heavy (non-hydrogen) atoms. The number of amides is 2. The molecule has 2 amide bonds. The lowest BCUT2D eigenvalue weighted by Gasteiger charge is -2.46. The van der Waals surface area contributed by atoms with Crippen LogP contribution in [0.15, 0.2) is 84.9 Å². The molecule has 386 valence electrons. The number of halogens is 12. The lowest BCUT2D eigenvalue weighted by atomic mass is 9.81. The minimum Gasteiger partial charge on any atom is -0.496 e. The van der Waals surface area contributed by atoms with E-state index in [1.807, 2.05) is 12.1 Å². The number of rotatable bonds is 11. The van der Waals surface area contributed by atoms with Gasteiger partial charge in [-0.2, -0.15) is 52.7 Å². The summed E-state index contributed by atoms with van der Waals surface area (Å²) in [6.45, 7) is 3.24. The van der Waals surface area contributed by atoms with Gasteiger partial charge in [-0.25, -0.2) is 0 Å². The second-order valence-corrected chi connectivity index (χ2v) is 18.8. The Balaban J connectivity index is 0.000000209. The summed E-state index contributed by atoms with van der Waals surface area (Å²) >= 11 is 0. The highest BCUT2D eigenvalue weighted by molar-refractivity contribution is 6.00. The van der Waals surface area contributed by atoms with Gasteiger partial charge in [-0.15, -0.1) is 0 Å². The van der Waals surface area contributed by atoms with E-state index in [9.17, 15) is 62.3 Å². The zero-order valence-corrected chi connectivity index (χ0v) is 38.9. The molecule has 2 heterocycles. The molecule has 2 unspecified atom stereocenters. The van der Waals surface area contributed by atoms with Crippen LogP contribution in [-0.4, -0.2) is 74.6 Å². The average Bonchev–Trinajstić information content (AvgIpc) is 3.96. The van der Waals surface area contributed by atoms with Gasteiger partial charge in [0, 0.05) is 25.7 Å². The Morgan fingerprint density at radius 2 is 0.986 bits per heavy atom. The molecule has 4 aromatic carbocycles. The summed E-state index contributed by atoms with van der Waals surface area (Å²) in [7, 11) is 1.89. The van der Waals surface area contributed by atoms with Crippen molar-refractivity contribution in [1.82, 2.24) is 20.4 Å². The van der Waals surface area contributed by atoms with Gasteiger partial charge in [0.1, 0.15) is 11.5 Å². The Bertz CT molecular complexity index is 2490. The molecule has 2 saturated heterocycles. The van der Waals surface area contributed by atoms with Crippen LogP contribution in [0.1, 0.15) is 118 Å². The van der Waals surface area contributed by atoms with Gasteiger partial charge in [0.15, 0.2) is 0 Å². The number of likely N-dealkylation sites (tertiary alicyclic amines) is 2. The van der Waals surface area contributed by atoms with Gasteiger partial charge < -0.3 is 25.0 Å². The molecule has 8 nitrogen and oxygen atoms in total. The zero-order chi connectivity index (χ0) is 51.6. The molecule has 2 N–H and O–H groups in total. The first-order chi connectivity index (χ1) is 33.4. The summed E-state index contributed by atoms with van der Waals surface area (Å²) in [5.41, 5.74) is -8.88. The monoisotopic (exact) mass is 1010 g/mol. The molecule has 0 bridgehead atoms. The maximum atomic E-state index is 13.9.